The summed E-state index contributed by atoms with van der Waals surface area (Å²) in [5.41, 5.74) is 0. The number of anilines is 1. The zero-order valence-corrected chi connectivity index (χ0v) is 10.3. The standard InChI is InChI=1S/C10H8N4O4S/c15-8(13-10-12-4-5-19-10)6-18-7-2-1-3-11-9(7)14(16)17/h1-5H,6H2,(H,12,13,15). The number of pyridine rings is 1. The number of aromatic nitrogens is 2. The summed E-state index contributed by atoms with van der Waals surface area (Å²) in [5.74, 6) is -0.931. The maximum absolute atomic E-state index is 11.5. The van der Waals surface area contributed by atoms with E-state index in [1.165, 1.54) is 29.7 Å². The highest BCUT2D eigenvalue weighted by Crippen LogP contribution is 2.22. The number of amides is 1. The highest BCUT2D eigenvalue weighted by Gasteiger charge is 2.16. The molecule has 0 unspecified atom stereocenters. The Morgan fingerprint density at radius 3 is 3.00 bits per heavy atom. The maximum Gasteiger partial charge on any atom is 0.406 e. The van der Waals surface area contributed by atoms with Crippen LogP contribution >= 0.6 is 11.3 Å². The molecule has 8 nitrogen and oxygen atoms in total. The van der Waals surface area contributed by atoms with Crippen molar-refractivity contribution in [3.63, 3.8) is 0 Å². The normalized spacial score (nSPS) is 9.89. The molecule has 2 aromatic rings. The lowest BCUT2D eigenvalue weighted by Crippen LogP contribution is -2.20. The van der Waals surface area contributed by atoms with Gasteiger partial charge in [-0.05, 0) is 22.0 Å². The summed E-state index contributed by atoms with van der Waals surface area (Å²) in [6, 6.07) is 2.86. The van der Waals surface area contributed by atoms with E-state index in [4.69, 9.17) is 4.74 Å². The zero-order valence-electron chi connectivity index (χ0n) is 9.48. The number of hydrogen-bond acceptors (Lipinski definition) is 7. The summed E-state index contributed by atoms with van der Waals surface area (Å²) in [6.45, 7) is -0.355. The van der Waals surface area contributed by atoms with Crippen LogP contribution in [0.4, 0.5) is 10.9 Å². The minimum Gasteiger partial charge on any atom is -0.476 e. The van der Waals surface area contributed by atoms with E-state index in [9.17, 15) is 14.9 Å². The molecule has 0 saturated carbocycles. The van der Waals surface area contributed by atoms with Crippen LogP contribution in [0.5, 0.6) is 5.75 Å². The van der Waals surface area contributed by atoms with Crippen LogP contribution in [-0.4, -0.2) is 27.4 Å². The molecule has 2 rings (SSSR count). The average Bonchev–Trinajstić information content (AvgIpc) is 2.89. The van der Waals surface area contributed by atoms with Gasteiger partial charge >= 0.3 is 5.82 Å². The molecule has 98 valence electrons. The fourth-order valence-corrected chi connectivity index (χ4v) is 1.76. The predicted molar refractivity (Wildman–Crippen MR) is 67.1 cm³/mol. The Bertz CT molecular complexity index is 587. The summed E-state index contributed by atoms with van der Waals surface area (Å²) < 4.78 is 5.07. The van der Waals surface area contributed by atoms with E-state index in [1.54, 1.807) is 11.6 Å². The highest BCUT2D eigenvalue weighted by atomic mass is 32.1. The lowest BCUT2D eigenvalue weighted by atomic mass is 10.4. The van der Waals surface area contributed by atoms with Crippen LogP contribution in [0.2, 0.25) is 0 Å². The molecule has 0 aliphatic heterocycles. The molecule has 0 spiro atoms. The second-order valence-electron chi connectivity index (χ2n) is 3.26. The van der Waals surface area contributed by atoms with Crippen molar-refractivity contribution in [2.45, 2.75) is 0 Å². The Labute approximate surface area is 111 Å². The molecule has 0 aromatic carbocycles. The van der Waals surface area contributed by atoms with E-state index >= 15 is 0 Å². The Morgan fingerprint density at radius 2 is 2.32 bits per heavy atom. The molecule has 9 heteroatoms. The molecular formula is C10H8N4O4S. The number of nitro groups is 1. The van der Waals surface area contributed by atoms with Crippen LogP contribution in [0.3, 0.4) is 0 Å². The number of carbonyl (C=O) groups is 1. The Balaban J connectivity index is 1.95. The molecule has 0 atom stereocenters. The molecule has 1 N–H and O–H groups in total. The van der Waals surface area contributed by atoms with E-state index in [0.717, 1.165) is 0 Å². The van der Waals surface area contributed by atoms with E-state index in [0.29, 0.717) is 5.13 Å². The lowest BCUT2D eigenvalue weighted by molar-refractivity contribution is -0.390. The van der Waals surface area contributed by atoms with Gasteiger partial charge in [-0.15, -0.1) is 11.3 Å². The number of nitrogens with zero attached hydrogens (tertiary/aromatic N) is 3. The third-order valence-corrected chi connectivity index (χ3v) is 2.65. The van der Waals surface area contributed by atoms with Gasteiger partial charge in [0.25, 0.3) is 5.91 Å². The maximum atomic E-state index is 11.5. The van der Waals surface area contributed by atoms with Gasteiger partial charge in [-0.2, -0.15) is 0 Å². The van der Waals surface area contributed by atoms with E-state index in [2.05, 4.69) is 15.3 Å². The summed E-state index contributed by atoms with van der Waals surface area (Å²) in [4.78, 5) is 28.9. The van der Waals surface area contributed by atoms with Crippen molar-refractivity contribution in [2.75, 3.05) is 11.9 Å². The van der Waals surface area contributed by atoms with Crippen LogP contribution in [0, 0.1) is 10.1 Å². The third kappa shape index (κ3) is 3.45. The zero-order chi connectivity index (χ0) is 13.7. The summed E-state index contributed by atoms with van der Waals surface area (Å²) in [7, 11) is 0. The summed E-state index contributed by atoms with van der Waals surface area (Å²) in [5, 5.41) is 15.3. The van der Waals surface area contributed by atoms with Gasteiger partial charge in [-0.25, -0.2) is 4.98 Å². The van der Waals surface area contributed by atoms with Gasteiger partial charge in [0.05, 0.1) is 0 Å². The first kappa shape index (κ1) is 12.9. The van der Waals surface area contributed by atoms with Crippen molar-refractivity contribution in [2.24, 2.45) is 0 Å². The molecule has 0 fully saturated rings. The topological polar surface area (TPSA) is 107 Å². The van der Waals surface area contributed by atoms with Crippen LogP contribution in [-0.2, 0) is 4.79 Å². The van der Waals surface area contributed by atoms with Crippen LogP contribution in [0.15, 0.2) is 29.9 Å². The second-order valence-corrected chi connectivity index (χ2v) is 4.15. The van der Waals surface area contributed by atoms with Gasteiger partial charge in [0.2, 0.25) is 5.75 Å². The minimum atomic E-state index is -0.673. The number of rotatable bonds is 5. The Hall–Kier alpha value is -2.55. The predicted octanol–water partition coefficient (Wildman–Crippen LogP) is 1.46. The number of carbonyl (C=O) groups excluding carboxylic acids is 1. The highest BCUT2D eigenvalue weighted by molar-refractivity contribution is 7.13. The fourth-order valence-electron chi connectivity index (χ4n) is 1.22. The number of thiazole rings is 1. The van der Waals surface area contributed by atoms with Crippen LogP contribution < -0.4 is 10.1 Å². The average molecular weight is 280 g/mol. The summed E-state index contributed by atoms with van der Waals surface area (Å²) in [6.07, 6.45) is 2.83. The van der Waals surface area contributed by atoms with Gasteiger partial charge in [-0.3, -0.25) is 10.1 Å². The molecule has 0 radical (unpaired) electrons. The van der Waals surface area contributed by atoms with Crippen molar-refractivity contribution in [3.8, 4) is 5.75 Å². The molecule has 0 aliphatic rings. The van der Waals surface area contributed by atoms with Gasteiger partial charge < -0.3 is 14.9 Å². The quantitative estimate of drug-likeness (QED) is 0.656. The van der Waals surface area contributed by atoms with Crippen molar-refractivity contribution in [1.29, 1.82) is 0 Å². The largest absolute Gasteiger partial charge is 0.476 e. The Morgan fingerprint density at radius 1 is 1.47 bits per heavy atom. The van der Waals surface area contributed by atoms with E-state index < -0.39 is 16.6 Å². The molecule has 0 aliphatic carbocycles. The molecule has 0 saturated heterocycles. The van der Waals surface area contributed by atoms with Gasteiger partial charge in [0.15, 0.2) is 11.7 Å². The van der Waals surface area contributed by atoms with Crippen molar-refractivity contribution in [3.05, 3.63) is 40.0 Å². The van der Waals surface area contributed by atoms with Crippen molar-refractivity contribution in [1.82, 2.24) is 9.97 Å². The molecule has 1 amide bonds. The molecule has 19 heavy (non-hydrogen) atoms. The SMILES string of the molecule is O=C(COc1cccnc1[N+](=O)[O-])Nc1nccs1. The molecule has 2 aromatic heterocycles. The number of ether oxygens (including phenoxy) is 1. The molecular weight excluding hydrogens is 272 g/mol. The van der Waals surface area contributed by atoms with Gasteiger partial charge in [0.1, 0.15) is 6.20 Å². The fraction of sp³-hybridized carbons (Fsp3) is 0.100. The van der Waals surface area contributed by atoms with Crippen LogP contribution in [0.25, 0.3) is 0 Å². The smallest absolute Gasteiger partial charge is 0.406 e. The van der Waals surface area contributed by atoms with Crippen LogP contribution in [0.1, 0.15) is 0 Å². The summed E-state index contributed by atoms with van der Waals surface area (Å²) >= 11 is 1.26. The van der Waals surface area contributed by atoms with Gasteiger partial charge in [0, 0.05) is 11.6 Å². The van der Waals surface area contributed by atoms with E-state index in [-0.39, 0.29) is 12.4 Å². The first-order valence-electron chi connectivity index (χ1n) is 5.08. The van der Waals surface area contributed by atoms with Gasteiger partial charge in [-0.1, -0.05) is 0 Å². The van der Waals surface area contributed by atoms with Crippen molar-refractivity contribution >= 4 is 28.2 Å². The molecule has 2 heterocycles. The number of hydrogen-bond donors (Lipinski definition) is 1. The number of nitrogens with one attached hydrogen (secondary N) is 1. The monoisotopic (exact) mass is 280 g/mol. The first-order valence-corrected chi connectivity index (χ1v) is 5.96. The lowest BCUT2D eigenvalue weighted by Gasteiger charge is -2.05. The van der Waals surface area contributed by atoms with E-state index in [1.807, 2.05) is 0 Å². The Kier molecular flexibility index (Phi) is 3.98. The first-order chi connectivity index (χ1) is 9.16. The van der Waals surface area contributed by atoms with Crippen molar-refractivity contribution < 1.29 is 14.5 Å². The minimum absolute atomic E-state index is 0.0539. The third-order valence-electron chi connectivity index (χ3n) is 1.96. The molecule has 0 bridgehead atoms. The second kappa shape index (κ2) is 5.87.